The average molecular weight is 259 g/mol. The molecule has 0 aliphatic rings. The summed E-state index contributed by atoms with van der Waals surface area (Å²) in [5.41, 5.74) is -0.218. The van der Waals surface area contributed by atoms with Crippen LogP contribution in [0.25, 0.3) is 0 Å². The summed E-state index contributed by atoms with van der Waals surface area (Å²) in [6, 6.07) is 3.49. The quantitative estimate of drug-likeness (QED) is 0.814. The number of ether oxygens (including phenoxy) is 1. The summed E-state index contributed by atoms with van der Waals surface area (Å²) in [6.07, 6.45) is 0.718. The summed E-state index contributed by atoms with van der Waals surface area (Å²) in [4.78, 5) is 10.7. The number of carbonyl (C=O) groups is 1. The van der Waals surface area contributed by atoms with Gasteiger partial charge < -0.3 is 9.84 Å². The Hall–Kier alpha value is -1.60. The minimum atomic E-state index is -3.91. The van der Waals surface area contributed by atoms with Gasteiger partial charge in [-0.2, -0.15) is 0 Å². The summed E-state index contributed by atoms with van der Waals surface area (Å²) in [6.45, 7) is 2.23. The normalized spacial score (nSPS) is 11.2. The molecular weight excluding hydrogens is 246 g/mol. The van der Waals surface area contributed by atoms with Crippen LogP contribution in [0, 0.1) is 0 Å². The van der Waals surface area contributed by atoms with Crippen LogP contribution in [-0.2, 0) is 10.0 Å². The van der Waals surface area contributed by atoms with Crippen LogP contribution in [0.4, 0.5) is 0 Å². The molecule has 3 N–H and O–H groups in total. The van der Waals surface area contributed by atoms with E-state index in [2.05, 4.69) is 0 Å². The van der Waals surface area contributed by atoms with Crippen molar-refractivity contribution in [2.45, 2.75) is 18.2 Å². The van der Waals surface area contributed by atoms with Crippen LogP contribution in [0.15, 0.2) is 23.1 Å². The largest absolute Gasteiger partial charge is 0.493 e. The number of sulfonamides is 1. The summed E-state index contributed by atoms with van der Waals surface area (Å²) in [5, 5.41) is 13.9. The third-order valence-corrected chi connectivity index (χ3v) is 2.88. The van der Waals surface area contributed by atoms with Crippen molar-refractivity contribution >= 4 is 16.0 Å². The first-order chi connectivity index (χ1) is 7.86. The number of benzene rings is 1. The smallest absolute Gasteiger partial charge is 0.339 e. The minimum Gasteiger partial charge on any atom is -0.493 e. The second kappa shape index (κ2) is 5.15. The maximum Gasteiger partial charge on any atom is 0.339 e. The van der Waals surface area contributed by atoms with E-state index in [-0.39, 0.29) is 16.2 Å². The minimum absolute atomic E-state index is 0.131. The van der Waals surface area contributed by atoms with Crippen molar-refractivity contribution in [3.63, 3.8) is 0 Å². The number of rotatable bonds is 5. The van der Waals surface area contributed by atoms with E-state index in [0.29, 0.717) is 6.61 Å². The van der Waals surface area contributed by atoms with Crippen LogP contribution in [0.5, 0.6) is 5.75 Å². The Morgan fingerprint density at radius 3 is 2.59 bits per heavy atom. The maximum absolute atomic E-state index is 11.1. The van der Waals surface area contributed by atoms with Crippen molar-refractivity contribution < 1.29 is 23.1 Å². The Morgan fingerprint density at radius 1 is 1.47 bits per heavy atom. The first-order valence-corrected chi connectivity index (χ1v) is 6.44. The number of hydrogen-bond donors (Lipinski definition) is 2. The molecule has 1 rings (SSSR count). The van der Waals surface area contributed by atoms with E-state index in [1.54, 1.807) is 0 Å². The van der Waals surface area contributed by atoms with Crippen molar-refractivity contribution in [2.75, 3.05) is 6.61 Å². The number of carboxylic acids is 1. The molecule has 17 heavy (non-hydrogen) atoms. The predicted octanol–water partition coefficient (Wildman–Crippen LogP) is 0.821. The molecule has 0 radical (unpaired) electrons. The fourth-order valence-corrected chi connectivity index (χ4v) is 1.73. The highest BCUT2D eigenvalue weighted by Crippen LogP contribution is 2.22. The molecule has 0 unspecified atom stereocenters. The standard InChI is InChI=1S/C10H13NO5S/c1-2-5-16-9-4-3-7(17(11,14)15)6-8(9)10(12)13/h3-4,6H,2,5H2,1H3,(H,12,13)(H2,11,14,15). The molecule has 7 heteroatoms. The molecule has 0 heterocycles. The lowest BCUT2D eigenvalue weighted by atomic mass is 10.2. The number of aromatic carboxylic acids is 1. The van der Waals surface area contributed by atoms with Crippen molar-refractivity contribution in [1.29, 1.82) is 0 Å². The molecule has 0 saturated carbocycles. The maximum atomic E-state index is 11.1. The molecule has 0 aliphatic heterocycles. The van der Waals surface area contributed by atoms with Gasteiger partial charge in [-0.05, 0) is 24.6 Å². The Balaban J connectivity index is 3.22. The van der Waals surface area contributed by atoms with Gasteiger partial charge in [-0.3, -0.25) is 0 Å². The third kappa shape index (κ3) is 3.43. The fraction of sp³-hybridized carbons (Fsp3) is 0.300. The highest BCUT2D eigenvalue weighted by Gasteiger charge is 2.16. The van der Waals surface area contributed by atoms with Crippen molar-refractivity contribution in [2.24, 2.45) is 5.14 Å². The van der Waals surface area contributed by atoms with Gasteiger partial charge in [0, 0.05) is 0 Å². The lowest BCUT2D eigenvalue weighted by molar-refractivity contribution is 0.0692. The van der Waals surface area contributed by atoms with Crippen LogP contribution in [0.2, 0.25) is 0 Å². The second-order valence-electron chi connectivity index (χ2n) is 3.36. The predicted molar refractivity (Wildman–Crippen MR) is 60.6 cm³/mol. The number of nitrogens with two attached hydrogens (primary N) is 1. The molecule has 0 amide bonds. The zero-order valence-electron chi connectivity index (χ0n) is 9.21. The number of primary sulfonamides is 1. The van der Waals surface area contributed by atoms with Crippen molar-refractivity contribution in [3.8, 4) is 5.75 Å². The van der Waals surface area contributed by atoms with E-state index < -0.39 is 16.0 Å². The van der Waals surface area contributed by atoms with Crippen molar-refractivity contribution in [3.05, 3.63) is 23.8 Å². The molecule has 1 aromatic rings. The van der Waals surface area contributed by atoms with Gasteiger partial charge in [0.2, 0.25) is 10.0 Å². The Morgan fingerprint density at radius 2 is 2.12 bits per heavy atom. The molecule has 6 nitrogen and oxygen atoms in total. The third-order valence-electron chi connectivity index (χ3n) is 1.97. The first-order valence-electron chi connectivity index (χ1n) is 4.89. The number of hydrogen-bond acceptors (Lipinski definition) is 4. The van der Waals surface area contributed by atoms with E-state index in [1.165, 1.54) is 12.1 Å². The van der Waals surface area contributed by atoms with Gasteiger partial charge in [0.25, 0.3) is 0 Å². The molecular formula is C10H13NO5S. The highest BCUT2D eigenvalue weighted by atomic mass is 32.2. The number of carboxylic acid groups (broad SMARTS) is 1. The Labute approximate surface area is 99.1 Å². The van der Waals surface area contributed by atoms with E-state index in [0.717, 1.165) is 12.5 Å². The lowest BCUT2D eigenvalue weighted by Crippen LogP contribution is -2.13. The van der Waals surface area contributed by atoms with E-state index in [1.807, 2.05) is 6.92 Å². The topological polar surface area (TPSA) is 107 Å². The molecule has 94 valence electrons. The first kappa shape index (κ1) is 13.5. The van der Waals surface area contributed by atoms with Crippen LogP contribution < -0.4 is 9.88 Å². The van der Waals surface area contributed by atoms with E-state index in [4.69, 9.17) is 15.0 Å². The molecule has 0 atom stereocenters. The van der Waals surface area contributed by atoms with Crippen LogP contribution in [-0.4, -0.2) is 26.1 Å². The zero-order valence-corrected chi connectivity index (χ0v) is 10.0. The molecule has 0 spiro atoms. The molecule has 0 aliphatic carbocycles. The summed E-state index contributed by atoms with van der Waals surface area (Å²) in [7, 11) is -3.91. The van der Waals surface area contributed by atoms with Crippen molar-refractivity contribution in [1.82, 2.24) is 0 Å². The molecule has 0 aromatic heterocycles. The van der Waals surface area contributed by atoms with E-state index in [9.17, 15) is 13.2 Å². The Bertz CT molecular complexity index is 523. The Kier molecular flexibility index (Phi) is 4.08. The van der Waals surface area contributed by atoms with Gasteiger partial charge in [-0.15, -0.1) is 0 Å². The SMILES string of the molecule is CCCOc1ccc(S(N)(=O)=O)cc1C(=O)O. The lowest BCUT2D eigenvalue weighted by Gasteiger charge is -2.09. The van der Waals surface area contributed by atoms with Crippen LogP contribution >= 0.6 is 0 Å². The van der Waals surface area contributed by atoms with Gasteiger partial charge in [-0.25, -0.2) is 18.4 Å². The van der Waals surface area contributed by atoms with Crippen LogP contribution in [0.1, 0.15) is 23.7 Å². The van der Waals surface area contributed by atoms with Gasteiger partial charge in [0.05, 0.1) is 11.5 Å². The fourth-order valence-electron chi connectivity index (χ4n) is 1.19. The van der Waals surface area contributed by atoms with Gasteiger partial charge in [0.15, 0.2) is 0 Å². The van der Waals surface area contributed by atoms with E-state index >= 15 is 0 Å². The average Bonchev–Trinajstić information content (AvgIpc) is 2.24. The van der Waals surface area contributed by atoms with Gasteiger partial charge in [-0.1, -0.05) is 6.92 Å². The van der Waals surface area contributed by atoms with Crippen LogP contribution in [0.3, 0.4) is 0 Å². The summed E-state index contributed by atoms with van der Waals surface area (Å²) in [5.74, 6) is -1.13. The molecule has 1 aromatic carbocycles. The summed E-state index contributed by atoms with van der Waals surface area (Å²) >= 11 is 0. The second-order valence-corrected chi connectivity index (χ2v) is 4.92. The highest BCUT2D eigenvalue weighted by molar-refractivity contribution is 7.89. The molecule has 0 fully saturated rings. The summed E-state index contributed by atoms with van der Waals surface area (Å²) < 4.78 is 27.4. The van der Waals surface area contributed by atoms with Gasteiger partial charge in [0.1, 0.15) is 11.3 Å². The van der Waals surface area contributed by atoms with Gasteiger partial charge >= 0.3 is 5.97 Å². The molecule has 0 bridgehead atoms. The monoisotopic (exact) mass is 259 g/mol. The molecule has 0 saturated heterocycles. The zero-order chi connectivity index (χ0) is 13.1.